The lowest BCUT2D eigenvalue weighted by Crippen LogP contribution is -2.03. The van der Waals surface area contributed by atoms with Gasteiger partial charge in [0.15, 0.2) is 0 Å². The summed E-state index contributed by atoms with van der Waals surface area (Å²) in [6.45, 7) is 0. The molecule has 28 heavy (non-hydrogen) atoms. The lowest BCUT2D eigenvalue weighted by Gasteiger charge is -2.18. The molecule has 0 amide bonds. The number of allylic oxidation sites excluding steroid dienone is 4. The van der Waals surface area contributed by atoms with Gasteiger partial charge in [0, 0.05) is 34.8 Å². The molecule has 0 aliphatic heterocycles. The van der Waals surface area contributed by atoms with E-state index in [1.165, 1.54) is 43.2 Å². The van der Waals surface area contributed by atoms with Crippen LogP contribution < -0.4 is 0 Å². The predicted molar refractivity (Wildman–Crippen MR) is 120 cm³/mol. The molecule has 2 nitrogen and oxygen atoms in total. The summed E-state index contributed by atoms with van der Waals surface area (Å²) in [5.74, 6) is 0.396. The molecule has 0 spiro atoms. The molecule has 0 fully saturated rings. The van der Waals surface area contributed by atoms with E-state index < -0.39 is 0 Å². The minimum absolute atomic E-state index is 0.396. The van der Waals surface area contributed by atoms with Crippen molar-refractivity contribution in [3.05, 3.63) is 96.2 Å². The molecule has 0 N–H and O–H groups in total. The van der Waals surface area contributed by atoms with E-state index in [0.717, 1.165) is 6.42 Å². The smallest absolute Gasteiger partial charge is 0.0719 e. The van der Waals surface area contributed by atoms with Crippen molar-refractivity contribution in [2.75, 3.05) is 0 Å². The summed E-state index contributed by atoms with van der Waals surface area (Å²) in [5, 5.41) is 6.15. The molecule has 1 aliphatic carbocycles. The third kappa shape index (κ3) is 2.30. The summed E-state index contributed by atoms with van der Waals surface area (Å²) in [5.41, 5.74) is 5.13. The molecule has 1 atom stereocenters. The number of fused-ring (bicyclic) bond motifs is 5. The number of hydrogen-bond donors (Lipinski definition) is 0. The number of hydrogen-bond acceptors (Lipinski definition) is 2. The van der Waals surface area contributed by atoms with Crippen molar-refractivity contribution in [3.63, 3.8) is 0 Å². The molecule has 1 unspecified atom stereocenters. The van der Waals surface area contributed by atoms with Crippen LogP contribution in [0.1, 0.15) is 17.9 Å². The highest BCUT2D eigenvalue weighted by molar-refractivity contribution is 7.18. The van der Waals surface area contributed by atoms with E-state index in [0.29, 0.717) is 5.92 Å². The van der Waals surface area contributed by atoms with E-state index in [2.05, 4.69) is 81.7 Å². The van der Waals surface area contributed by atoms with Crippen LogP contribution in [-0.4, -0.2) is 9.55 Å². The van der Waals surface area contributed by atoms with Crippen LogP contribution in [0.3, 0.4) is 0 Å². The molecule has 3 aromatic heterocycles. The SMILES string of the molecule is C1=CC(c2cccnc2)CC=C1n1c2ccccc2c2ccc3ccsc3c21. The Hall–Kier alpha value is -3.17. The second-order valence-electron chi connectivity index (χ2n) is 7.27. The molecule has 3 heteroatoms. The van der Waals surface area contributed by atoms with E-state index in [1.54, 1.807) is 0 Å². The Labute approximate surface area is 167 Å². The van der Waals surface area contributed by atoms with Gasteiger partial charge in [-0.2, -0.15) is 0 Å². The van der Waals surface area contributed by atoms with Gasteiger partial charge < -0.3 is 4.57 Å². The third-order valence-electron chi connectivity index (χ3n) is 5.71. The maximum Gasteiger partial charge on any atom is 0.0719 e. The summed E-state index contributed by atoms with van der Waals surface area (Å²) in [4.78, 5) is 4.28. The van der Waals surface area contributed by atoms with Crippen molar-refractivity contribution in [3.8, 4) is 0 Å². The highest BCUT2D eigenvalue weighted by Gasteiger charge is 2.18. The molecule has 2 aromatic carbocycles. The van der Waals surface area contributed by atoms with Crippen molar-refractivity contribution in [2.24, 2.45) is 0 Å². The van der Waals surface area contributed by atoms with E-state index in [9.17, 15) is 0 Å². The second kappa shape index (κ2) is 6.18. The largest absolute Gasteiger partial charge is 0.308 e. The number of aromatic nitrogens is 2. The summed E-state index contributed by atoms with van der Waals surface area (Å²) in [6.07, 6.45) is 11.8. The van der Waals surface area contributed by atoms with Crippen LogP contribution in [0, 0.1) is 0 Å². The van der Waals surface area contributed by atoms with Crippen LogP contribution in [0.4, 0.5) is 0 Å². The molecule has 0 radical (unpaired) electrons. The molecule has 6 rings (SSSR count). The first-order chi connectivity index (χ1) is 13.9. The molecule has 0 saturated heterocycles. The average Bonchev–Trinajstić information content (AvgIpc) is 3.37. The fourth-order valence-electron chi connectivity index (χ4n) is 4.36. The Bertz CT molecular complexity index is 1390. The minimum Gasteiger partial charge on any atom is -0.308 e. The predicted octanol–water partition coefficient (Wildman–Crippen LogP) is 6.99. The van der Waals surface area contributed by atoms with Gasteiger partial charge in [-0.15, -0.1) is 11.3 Å². The van der Waals surface area contributed by atoms with Crippen LogP contribution in [0.2, 0.25) is 0 Å². The second-order valence-corrected chi connectivity index (χ2v) is 8.19. The van der Waals surface area contributed by atoms with Gasteiger partial charge in [-0.3, -0.25) is 4.98 Å². The van der Waals surface area contributed by atoms with Gasteiger partial charge in [-0.25, -0.2) is 0 Å². The third-order valence-corrected chi connectivity index (χ3v) is 6.64. The van der Waals surface area contributed by atoms with Crippen LogP contribution >= 0.6 is 11.3 Å². The summed E-state index contributed by atoms with van der Waals surface area (Å²) in [7, 11) is 0. The van der Waals surface area contributed by atoms with Crippen molar-refractivity contribution in [2.45, 2.75) is 12.3 Å². The van der Waals surface area contributed by atoms with Gasteiger partial charge >= 0.3 is 0 Å². The van der Waals surface area contributed by atoms with Crippen LogP contribution in [0.5, 0.6) is 0 Å². The molecule has 0 saturated carbocycles. The number of nitrogens with zero attached hydrogens (tertiary/aromatic N) is 2. The first-order valence-electron chi connectivity index (χ1n) is 9.58. The zero-order valence-electron chi connectivity index (χ0n) is 15.2. The van der Waals surface area contributed by atoms with Crippen molar-refractivity contribution in [1.29, 1.82) is 0 Å². The van der Waals surface area contributed by atoms with Crippen molar-refractivity contribution < 1.29 is 0 Å². The average molecular weight is 379 g/mol. The minimum atomic E-state index is 0.396. The van der Waals surface area contributed by atoms with E-state index >= 15 is 0 Å². The molecule has 3 heterocycles. The number of rotatable bonds is 2. The Morgan fingerprint density at radius 2 is 1.93 bits per heavy atom. The summed E-state index contributed by atoms with van der Waals surface area (Å²) >= 11 is 1.83. The number of para-hydroxylation sites is 1. The molecular weight excluding hydrogens is 360 g/mol. The maximum absolute atomic E-state index is 4.28. The molecule has 1 aliphatic rings. The molecule has 0 bridgehead atoms. The van der Waals surface area contributed by atoms with E-state index in [-0.39, 0.29) is 0 Å². The Kier molecular flexibility index (Phi) is 3.50. The number of pyridine rings is 1. The summed E-state index contributed by atoms with van der Waals surface area (Å²) in [6, 6.07) is 19.6. The van der Waals surface area contributed by atoms with Gasteiger partial charge in [0.2, 0.25) is 0 Å². The molecule has 5 aromatic rings. The van der Waals surface area contributed by atoms with Gasteiger partial charge in [0.05, 0.1) is 15.7 Å². The standard InChI is InChI=1S/C25H18N2S/c1-2-6-23-21(5-1)22-12-9-18-13-15-28-25(18)24(22)27(23)20-10-7-17(8-11-20)19-4-3-14-26-16-19/h1-7,9-17H,8H2. The lowest BCUT2D eigenvalue weighted by atomic mass is 9.93. The number of benzene rings is 2. The highest BCUT2D eigenvalue weighted by atomic mass is 32.1. The highest BCUT2D eigenvalue weighted by Crippen LogP contribution is 2.40. The van der Waals surface area contributed by atoms with Gasteiger partial charge in [0.25, 0.3) is 0 Å². The quantitative estimate of drug-likeness (QED) is 0.324. The van der Waals surface area contributed by atoms with Gasteiger partial charge in [0.1, 0.15) is 0 Å². The monoisotopic (exact) mass is 378 g/mol. The first kappa shape index (κ1) is 15.8. The summed E-state index contributed by atoms with van der Waals surface area (Å²) < 4.78 is 3.80. The zero-order chi connectivity index (χ0) is 18.5. The Morgan fingerprint density at radius 3 is 2.79 bits per heavy atom. The zero-order valence-corrected chi connectivity index (χ0v) is 16.1. The van der Waals surface area contributed by atoms with Gasteiger partial charge in [-0.05, 0) is 47.0 Å². The van der Waals surface area contributed by atoms with Crippen molar-refractivity contribution in [1.82, 2.24) is 9.55 Å². The van der Waals surface area contributed by atoms with E-state index in [4.69, 9.17) is 0 Å². The normalized spacial score (nSPS) is 16.9. The Balaban J connectivity index is 1.57. The van der Waals surface area contributed by atoms with Crippen LogP contribution in [0.25, 0.3) is 37.6 Å². The fraction of sp³-hybridized carbons (Fsp3) is 0.0800. The molecule has 134 valence electrons. The van der Waals surface area contributed by atoms with Crippen molar-refractivity contribution >= 4 is 48.9 Å². The first-order valence-corrected chi connectivity index (χ1v) is 10.5. The Morgan fingerprint density at radius 1 is 0.964 bits per heavy atom. The maximum atomic E-state index is 4.28. The molecular formula is C25H18N2S. The van der Waals surface area contributed by atoms with E-state index in [1.807, 2.05) is 29.8 Å². The van der Waals surface area contributed by atoms with Crippen LogP contribution in [0.15, 0.2) is 90.6 Å². The van der Waals surface area contributed by atoms with Gasteiger partial charge in [-0.1, -0.05) is 48.6 Å². The lowest BCUT2D eigenvalue weighted by molar-refractivity contribution is 0.843. The topological polar surface area (TPSA) is 17.8 Å². The van der Waals surface area contributed by atoms with Crippen LogP contribution in [-0.2, 0) is 0 Å². The fourth-order valence-corrected chi connectivity index (χ4v) is 5.29. The number of thiophene rings is 1.